The van der Waals surface area contributed by atoms with Gasteiger partial charge in [-0.25, -0.2) is 4.68 Å². The standard InChI is InChI=1S/C25H23F3N4O/c26-25(27,28)11-16-7-9-19(10-8-16)32-22-6-2-5-21(23(22)24(30-32)17-3-1-4-17)18-12-29-31(13-18)20-14-33-15-20/h2,5-10,12-13,17,20H,1,3-4,11,14-15H2. The number of alkyl halides is 3. The average Bonchev–Trinajstić information content (AvgIpc) is 3.31. The topological polar surface area (TPSA) is 44.9 Å². The third-order valence-electron chi connectivity index (χ3n) is 6.72. The molecule has 2 aliphatic rings. The van der Waals surface area contributed by atoms with Crippen LogP contribution in [0.3, 0.4) is 0 Å². The first-order valence-electron chi connectivity index (χ1n) is 11.3. The Balaban J connectivity index is 1.45. The second kappa shape index (κ2) is 7.73. The largest absolute Gasteiger partial charge is 0.393 e. The number of aromatic nitrogens is 4. The Labute approximate surface area is 188 Å². The Morgan fingerprint density at radius 3 is 2.45 bits per heavy atom. The predicted octanol–water partition coefficient (Wildman–Crippen LogP) is 5.83. The van der Waals surface area contributed by atoms with E-state index in [0.717, 1.165) is 46.3 Å². The van der Waals surface area contributed by atoms with Crippen LogP contribution < -0.4 is 0 Å². The molecule has 1 saturated heterocycles. The maximum absolute atomic E-state index is 12.8. The van der Waals surface area contributed by atoms with Gasteiger partial charge in [-0.2, -0.15) is 23.4 Å². The molecular formula is C25H23F3N4O. The number of nitrogens with zero attached hydrogens (tertiary/aromatic N) is 4. The first-order chi connectivity index (χ1) is 16.0. The van der Waals surface area contributed by atoms with E-state index in [-0.39, 0.29) is 11.6 Å². The van der Waals surface area contributed by atoms with Crippen molar-refractivity contribution in [3.8, 4) is 16.8 Å². The van der Waals surface area contributed by atoms with E-state index in [1.54, 1.807) is 12.1 Å². The molecule has 0 atom stereocenters. The van der Waals surface area contributed by atoms with E-state index >= 15 is 0 Å². The minimum atomic E-state index is -4.22. The quantitative estimate of drug-likeness (QED) is 0.383. The van der Waals surface area contributed by atoms with Crippen LogP contribution >= 0.6 is 0 Å². The molecule has 3 heterocycles. The third kappa shape index (κ3) is 3.72. The molecule has 1 aliphatic heterocycles. The molecule has 0 N–H and O–H groups in total. The summed E-state index contributed by atoms with van der Waals surface area (Å²) in [5, 5.41) is 10.6. The Bertz CT molecular complexity index is 1300. The van der Waals surface area contributed by atoms with Crippen LogP contribution in [0.5, 0.6) is 0 Å². The molecular weight excluding hydrogens is 429 g/mol. The normalized spacial score (nSPS) is 17.3. The molecule has 2 aromatic carbocycles. The van der Waals surface area contributed by atoms with Crippen LogP contribution in [-0.4, -0.2) is 39.0 Å². The van der Waals surface area contributed by atoms with Gasteiger partial charge in [-0.05, 0) is 42.2 Å². The second-order valence-corrected chi connectivity index (χ2v) is 8.98. The van der Waals surface area contributed by atoms with Gasteiger partial charge in [-0.3, -0.25) is 4.68 Å². The van der Waals surface area contributed by atoms with Gasteiger partial charge in [0.05, 0.1) is 48.8 Å². The highest BCUT2D eigenvalue weighted by Gasteiger charge is 2.29. The van der Waals surface area contributed by atoms with Crippen LogP contribution in [0.25, 0.3) is 27.7 Å². The molecule has 33 heavy (non-hydrogen) atoms. The lowest BCUT2D eigenvalue weighted by Gasteiger charge is -2.26. The molecule has 0 radical (unpaired) electrons. The maximum Gasteiger partial charge on any atom is 0.393 e. The summed E-state index contributed by atoms with van der Waals surface area (Å²) in [5.41, 5.74) is 5.14. The van der Waals surface area contributed by atoms with Gasteiger partial charge in [0.1, 0.15) is 0 Å². The van der Waals surface area contributed by atoms with Crippen molar-refractivity contribution in [2.75, 3.05) is 13.2 Å². The van der Waals surface area contributed by atoms with Crippen LogP contribution in [0, 0.1) is 0 Å². The summed E-state index contributed by atoms with van der Waals surface area (Å²) in [6.07, 6.45) is 2.19. The lowest BCUT2D eigenvalue weighted by molar-refractivity contribution is -0.127. The predicted molar refractivity (Wildman–Crippen MR) is 118 cm³/mol. The minimum Gasteiger partial charge on any atom is -0.377 e. The van der Waals surface area contributed by atoms with E-state index in [2.05, 4.69) is 17.4 Å². The van der Waals surface area contributed by atoms with E-state index < -0.39 is 12.6 Å². The highest BCUT2D eigenvalue weighted by molar-refractivity contribution is 5.98. The summed E-state index contributed by atoms with van der Waals surface area (Å²) < 4.78 is 47.4. The van der Waals surface area contributed by atoms with E-state index in [1.807, 2.05) is 27.7 Å². The Morgan fingerprint density at radius 1 is 1.03 bits per heavy atom. The van der Waals surface area contributed by atoms with Crippen molar-refractivity contribution in [2.45, 2.75) is 43.8 Å². The van der Waals surface area contributed by atoms with E-state index in [0.29, 0.717) is 19.1 Å². The molecule has 2 aromatic heterocycles. The van der Waals surface area contributed by atoms with Crippen molar-refractivity contribution in [1.29, 1.82) is 0 Å². The number of halogens is 3. The van der Waals surface area contributed by atoms with E-state index in [1.165, 1.54) is 18.6 Å². The summed E-state index contributed by atoms with van der Waals surface area (Å²) in [4.78, 5) is 0. The lowest BCUT2D eigenvalue weighted by atomic mass is 9.81. The molecule has 0 unspecified atom stereocenters. The van der Waals surface area contributed by atoms with Crippen LogP contribution in [0.15, 0.2) is 54.9 Å². The molecule has 0 bridgehead atoms. The van der Waals surface area contributed by atoms with Crippen molar-refractivity contribution in [3.63, 3.8) is 0 Å². The molecule has 8 heteroatoms. The minimum absolute atomic E-state index is 0.245. The highest BCUT2D eigenvalue weighted by atomic mass is 19.4. The van der Waals surface area contributed by atoms with Crippen LogP contribution in [0.1, 0.15) is 42.5 Å². The number of hydrogen-bond acceptors (Lipinski definition) is 3. The summed E-state index contributed by atoms with van der Waals surface area (Å²) in [7, 11) is 0. The average molecular weight is 452 g/mol. The van der Waals surface area contributed by atoms with Gasteiger partial charge in [0, 0.05) is 23.1 Å². The molecule has 1 aliphatic carbocycles. The molecule has 0 spiro atoms. The number of benzene rings is 2. The fourth-order valence-electron chi connectivity index (χ4n) is 4.64. The molecule has 5 nitrogen and oxygen atoms in total. The molecule has 6 rings (SSSR count). The highest BCUT2D eigenvalue weighted by Crippen LogP contribution is 2.43. The van der Waals surface area contributed by atoms with Crippen molar-refractivity contribution >= 4 is 10.9 Å². The zero-order chi connectivity index (χ0) is 22.6. The SMILES string of the molecule is FC(F)(F)Cc1ccc(-n2nc(C3CCC3)c3c(-c4cnn(C5COC5)c4)cccc32)cc1. The molecule has 1 saturated carbocycles. The summed E-state index contributed by atoms with van der Waals surface area (Å²) >= 11 is 0. The fraction of sp³-hybridized carbons (Fsp3) is 0.360. The van der Waals surface area contributed by atoms with Gasteiger partial charge in [-0.1, -0.05) is 30.7 Å². The van der Waals surface area contributed by atoms with Crippen molar-refractivity contribution in [2.24, 2.45) is 0 Å². The maximum atomic E-state index is 12.8. The van der Waals surface area contributed by atoms with Crippen molar-refractivity contribution in [3.05, 3.63) is 66.1 Å². The Hall–Kier alpha value is -3.13. The Morgan fingerprint density at radius 2 is 1.82 bits per heavy atom. The van der Waals surface area contributed by atoms with Gasteiger partial charge < -0.3 is 4.74 Å². The first-order valence-corrected chi connectivity index (χ1v) is 11.3. The van der Waals surface area contributed by atoms with Gasteiger partial charge in [-0.15, -0.1) is 0 Å². The molecule has 4 aromatic rings. The molecule has 0 amide bonds. The fourth-order valence-corrected chi connectivity index (χ4v) is 4.64. The molecule has 170 valence electrons. The first kappa shape index (κ1) is 20.5. The Kier molecular flexibility index (Phi) is 4.79. The number of rotatable bonds is 5. The summed E-state index contributed by atoms with van der Waals surface area (Å²) in [6, 6.07) is 12.9. The number of hydrogen-bond donors (Lipinski definition) is 0. The van der Waals surface area contributed by atoms with Crippen LogP contribution in [0.2, 0.25) is 0 Å². The van der Waals surface area contributed by atoms with E-state index in [4.69, 9.17) is 9.84 Å². The zero-order valence-electron chi connectivity index (χ0n) is 17.9. The van der Waals surface area contributed by atoms with Crippen LogP contribution in [-0.2, 0) is 11.2 Å². The summed E-state index contributed by atoms with van der Waals surface area (Å²) in [5.74, 6) is 0.398. The second-order valence-electron chi connectivity index (χ2n) is 8.98. The number of fused-ring (bicyclic) bond motifs is 1. The lowest BCUT2D eigenvalue weighted by Crippen LogP contribution is -2.30. The smallest absolute Gasteiger partial charge is 0.377 e. The number of ether oxygens (including phenoxy) is 1. The third-order valence-corrected chi connectivity index (χ3v) is 6.72. The van der Waals surface area contributed by atoms with E-state index in [9.17, 15) is 13.2 Å². The van der Waals surface area contributed by atoms with Gasteiger partial charge >= 0.3 is 6.18 Å². The van der Waals surface area contributed by atoms with Gasteiger partial charge in [0.15, 0.2) is 0 Å². The summed E-state index contributed by atoms with van der Waals surface area (Å²) in [6.45, 7) is 1.36. The van der Waals surface area contributed by atoms with Crippen LogP contribution in [0.4, 0.5) is 13.2 Å². The zero-order valence-corrected chi connectivity index (χ0v) is 17.9. The molecule has 2 fully saturated rings. The van der Waals surface area contributed by atoms with Gasteiger partial charge in [0.25, 0.3) is 0 Å². The van der Waals surface area contributed by atoms with Gasteiger partial charge in [0.2, 0.25) is 0 Å². The monoisotopic (exact) mass is 452 g/mol. The van der Waals surface area contributed by atoms with Crippen molar-refractivity contribution < 1.29 is 17.9 Å². The van der Waals surface area contributed by atoms with Crippen molar-refractivity contribution in [1.82, 2.24) is 19.6 Å².